The van der Waals surface area contributed by atoms with Crippen molar-refractivity contribution in [3.63, 3.8) is 0 Å². The van der Waals surface area contributed by atoms with Gasteiger partial charge in [0.05, 0.1) is 5.92 Å². The number of hydrogen-bond acceptors (Lipinski definition) is 2. The van der Waals surface area contributed by atoms with Crippen molar-refractivity contribution in [1.29, 1.82) is 0 Å². The molecule has 0 aromatic rings. The molecule has 66 valence electrons. The van der Waals surface area contributed by atoms with Gasteiger partial charge in [0.2, 0.25) is 5.91 Å². The zero-order valence-electron chi connectivity index (χ0n) is 7.20. The van der Waals surface area contributed by atoms with Crippen LogP contribution in [0.1, 0.15) is 6.92 Å². The van der Waals surface area contributed by atoms with Crippen molar-refractivity contribution in [1.82, 2.24) is 5.32 Å². The Morgan fingerprint density at radius 3 is 2.85 bits per heavy atom. The van der Waals surface area contributed by atoms with Gasteiger partial charge in [0.25, 0.3) is 0 Å². The topological polar surface area (TPSA) is 46.2 Å². The zero-order chi connectivity index (χ0) is 9.42. The normalized spacial score (nSPS) is 26.1. The van der Waals surface area contributed by atoms with Gasteiger partial charge in [0, 0.05) is 11.8 Å². The minimum absolute atomic E-state index is 0.0637. The number of Topliss-reactive ketones (excluding diaryl/α,β-unsaturated/α-hetero) is 1. The van der Waals surface area contributed by atoms with E-state index in [2.05, 4.69) is 5.32 Å². The van der Waals surface area contributed by atoms with Gasteiger partial charge < -0.3 is 5.32 Å². The molecule has 0 saturated carbocycles. The van der Waals surface area contributed by atoms with Crippen molar-refractivity contribution >= 4 is 11.7 Å². The Hall–Kier alpha value is -1.64. The van der Waals surface area contributed by atoms with Crippen molar-refractivity contribution in [2.24, 2.45) is 5.92 Å². The third-order valence-electron chi connectivity index (χ3n) is 2.23. The van der Waals surface area contributed by atoms with Crippen LogP contribution in [0.3, 0.4) is 0 Å². The largest absolute Gasteiger partial charge is 0.325 e. The van der Waals surface area contributed by atoms with E-state index < -0.39 is 0 Å². The van der Waals surface area contributed by atoms with E-state index in [1.807, 2.05) is 0 Å². The summed E-state index contributed by atoms with van der Waals surface area (Å²) in [4.78, 5) is 22.5. The average Bonchev–Trinajstić information content (AvgIpc) is 2.12. The highest BCUT2D eigenvalue weighted by Crippen LogP contribution is 2.23. The van der Waals surface area contributed by atoms with Crippen LogP contribution in [0.5, 0.6) is 0 Å². The number of carbonyl (C=O) groups excluding carboxylic acids is 2. The van der Waals surface area contributed by atoms with Gasteiger partial charge in [-0.05, 0) is 18.6 Å². The predicted octanol–water partition coefficient (Wildman–Crippen LogP) is 0.702. The van der Waals surface area contributed by atoms with Crippen molar-refractivity contribution in [3.05, 3.63) is 35.6 Å². The monoisotopic (exact) mass is 175 g/mol. The molecule has 1 atom stereocenters. The molecule has 1 heterocycles. The Morgan fingerprint density at radius 1 is 1.31 bits per heavy atom. The van der Waals surface area contributed by atoms with Gasteiger partial charge in [0.15, 0.2) is 5.78 Å². The Kier molecular flexibility index (Phi) is 1.65. The number of fused-ring (bicyclic) bond motifs is 1. The number of allylic oxidation sites excluding steroid dienone is 4. The number of ketones is 1. The average molecular weight is 175 g/mol. The summed E-state index contributed by atoms with van der Waals surface area (Å²) in [6.07, 6.45) is 6.55. The number of nitrogens with one attached hydrogen (secondary N) is 1. The molecule has 1 aliphatic heterocycles. The fourth-order valence-electron chi connectivity index (χ4n) is 1.47. The molecule has 2 aliphatic rings. The van der Waals surface area contributed by atoms with Crippen LogP contribution in [0.2, 0.25) is 0 Å². The highest BCUT2D eigenvalue weighted by molar-refractivity contribution is 6.04. The highest BCUT2D eigenvalue weighted by atomic mass is 16.2. The Morgan fingerprint density at radius 2 is 2.08 bits per heavy atom. The molecule has 3 heteroatoms. The van der Waals surface area contributed by atoms with E-state index in [0.29, 0.717) is 5.70 Å². The Bertz CT molecular complexity index is 374. The molecular weight excluding hydrogens is 166 g/mol. The third kappa shape index (κ3) is 1.22. The van der Waals surface area contributed by atoms with Gasteiger partial charge in [0.1, 0.15) is 0 Å². The van der Waals surface area contributed by atoms with Crippen molar-refractivity contribution < 1.29 is 9.59 Å². The summed E-state index contributed by atoms with van der Waals surface area (Å²) in [6, 6.07) is 0. The van der Waals surface area contributed by atoms with Gasteiger partial charge in [-0.15, -0.1) is 0 Å². The second kappa shape index (κ2) is 2.69. The van der Waals surface area contributed by atoms with Crippen LogP contribution < -0.4 is 5.32 Å². The molecule has 0 fully saturated rings. The number of hydrogen-bond donors (Lipinski definition) is 1. The highest BCUT2D eigenvalue weighted by Gasteiger charge is 2.27. The van der Waals surface area contributed by atoms with Crippen molar-refractivity contribution in [3.8, 4) is 0 Å². The molecule has 3 nitrogen and oxygen atoms in total. The maximum absolute atomic E-state index is 11.6. The first kappa shape index (κ1) is 7.98. The quantitative estimate of drug-likeness (QED) is 0.589. The minimum Gasteiger partial charge on any atom is -0.325 e. The molecule has 1 N–H and O–H groups in total. The van der Waals surface area contributed by atoms with E-state index in [-0.39, 0.29) is 17.6 Å². The summed E-state index contributed by atoms with van der Waals surface area (Å²) in [5.41, 5.74) is 1.41. The van der Waals surface area contributed by atoms with Gasteiger partial charge in [-0.1, -0.05) is 12.2 Å². The molecule has 1 amide bonds. The second-order valence-electron chi connectivity index (χ2n) is 3.16. The Labute approximate surface area is 75.8 Å². The van der Waals surface area contributed by atoms with Crippen LogP contribution in [-0.2, 0) is 9.59 Å². The van der Waals surface area contributed by atoms with Crippen LogP contribution in [0.4, 0.5) is 0 Å². The van der Waals surface area contributed by atoms with E-state index in [4.69, 9.17) is 0 Å². The minimum atomic E-state index is -0.275. The SMILES string of the molecule is CC1=CC=C2NC(=O)C=CC2C1=O. The number of rotatable bonds is 0. The molecule has 0 bridgehead atoms. The fourth-order valence-corrected chi connectivity index (χ4v) is 1.47. The van der Waals surface area contributed by atoms with Gasteiger partial charge in [-0.3, -0.25) is 9.59 Å². The molecule has 0 aromatic carbocycles. The van der Waals surface area contributed by atoms with Crippen molar-refractivity contribution in [2.45, 2.75) is 6.92 Å². The van der Waals surface area contributed by atoms with E-state index in [0.717, 1.165) is 5.57 Å². The summed E-state index contributed by atoms with van der Waals surface area (Å²) in [7, 11) is 0. The van der Waals surface area contributed by atoms with Crippen molar-refractivity contribution in [2.75, 3.05) is 0 Å². The third-order valence-corrected chi connectivity index (χ3v) is 2.23. The fraction of sp³-hybridized carbons (Fsp3) is 0.200. The summed E-state index contributed by atoms with van der Waals surface area (Å²) in [5, 5.41) is 2.64. The van der Waals surface area contributed by atoms with Gasteiger partial charge in [-0.25, -0.2) is 0 Å². The van der Waals surface area contributed by atoms with Gasteiger partial charge in [-0.2, -0.15) is 0 Å². The maximum Gasteiger partial charge on any atom is 0.247 e. The predicted molar refractivity (Wildman–Crippen MR) is 47.6 cm³/mol. The van der Waals surface area contributed by atoms with Gasteiger partial charge >= 0.3 is 0 Å². The molecule has 0 spiro atoms. The molecule has 1 unspecified atom stereocenters. The van der Waals surface area contributed by atoms with E-state index in [1.165, 1.54) is 6.08 Å². The lowest BCUT2D eigenvalue weighted by Crippen LogP contribution is -2.34. The summed E-state index contributed by atoms with van der Waals surface area (Å²) >= 11 is 0. The lowest BCUT2D eigenvalue weighted by atomic mass is 9.88. The molecule has 2 rings (SSSR count). The number of amides is 1. The summed E-state index contributed by atoms with van der Waals surface area (Å²) in [6.45, 7) is 1.78. The summed E-state index contributed by atoms with van der Waals surface area (Å²) < 4.78 is 0. The van der Waals surface area contributed by atoms with Crippen LogP contribution in [-0.4, -0.2) is 11.7 Å². The Balaban J connectivity index is 2.42. The lowest BCUT2D eigenvalue weighted by molar-refractivity contribution is -0.118. The molecule has 0 radical (unpaired) electrons. The van der Waals surface area contributed by atoms with Crippen LogP contribution in [0.15, 0.2) is 35.6 Å². The maximum atomic E-state index is 11.6. The van der Waals surface area contributed by atoms with Crippen LogP contribution in [0, 0.1) is 5.92 Å². The standard InChI is InChI=1S/C10H9NO2/c1-6-2-4-8-7(10(6)13)3-5-9(12)11-8/h2-5,7H,1H3,(H,11,12). The number of carbonyl (C=O) groups is 2. The first-order valence-electron chi connectivity index (χ1n) is 4.10. The van der Waals surface area contributed by atoms with Crippen LogP contribution in [0.25, 0.3) is 0 Å². The van der Waals surface area contributed by atoms with E-state index >= 15 is 0 Å². The molecule has 13 heavy (non-hydrogen) atoms. The molecule has 0 saturated heterocycles. The molecule has 1 aliphatic carbocycles. The molecular formula is C10H9NO2. The first-order valence-corrected chi connectivity index (χ1v) is 4.10. The second-order valence-corrected chi connectivity index (χ2v) is 3.16. The molecule has 0 aromatic heterocycles. The lowest BCUT2D eigenvalue weighted by Gasteiger charge is -2.22. The smallest absolute Gasteiger partial charge is 0.247 e. The van der Waals surface area contributed by atoms with E-state index in [1.54, 1.807) is 25.2 Å². The van der Waals surface area contributed by atoms with Crippen LogP contribution >= 0.6 is 0 Å². The zero-order valence-corrected chi connectivity index (χ0v) is 7.20. The summed E-state index contributed by atoms with van der Waals surface area (Å²) in [5.74, 6) is -0.375. The van der Waals surface area contributed by atoms with E-state index in [9.17, 15) is 9.59 Å². The first-order chi connectivity index (χ1) is 6.18.